The lowest BCUT2D eigenvalue weighted by Crippen LogP contribution is -1.92. The molecule has 1 aromatic carbocycles. The monoisotopic (exact) mass is 203 g/mol. The summed E-state index contributed by atoms with van der Waals surface area (Å²) >= 11 is 0. The summed E-state index contributed by atoms with van der Waals surface area (Å²) in [6, 6.07) is 3.43. The highest BCUT2D eigenvalue weighted by Crippen LogP contribution is 2.37. The summed E-state index contributed by atoms with van der Waals surface area (Å²) in [5, 5.41) is 0. The number of nitrogens with zero attached hydrogens (tertiary/aromatic N) is 1. The van der Waals surface area contributed by atoms with Crippen molar-refractivity contribution in [1.29, 1.82) is 0 Å². The number of hydrogen-bond acceptors (Lipinski definition) is 2. The highest BCUT2D eigenvalue weighted by Gasteiger charge is 2.11. The maximum absolute atomic E-state index is 7.06. The summed E-state index contributed by atoms with van der Waals surface area (Å²) in [6.45, 7) is 12.7. The Labute approximate surface area is 89.8 Å². The molecule has 3 nitrogen and oxygen atoms in total. The van der Waals surface area contributed by atoms with Gasteiger partial charge in [-0.25, -0.2) is 4.85 Å². The predicted molar refractivity (Wildman–Crippen MR) is 60.5 cm³/mol. The minimum absolute atomic E-state index is 0.528. The first-order valence-corrected chi connectivity index (χ1v) is 4.43. The van der Waals surface area contributed by atoms with E-state index in [1.54, 1.807) is 26.4 Å². The van der Waals surface area contributed by atoms with E-state index in [-0.39, 0.29) is 0 Å². The third-order valence-corrected chi connectivity index (χ3v) is 2.08. The third-order valence-electron chi connectivity index (χ3n) is 2.08. The van der Waals surface area contributed by atoms with Crippen LogP contribution in [-0.2, 0) is 0 Å². The Kier molecular flexibility index (Phi) is 3.35. The van der Waals surface area contributed by atoms with E-state index in [0.29, 0.717) is 17.2 Å². The van der Waals surface area contributed by atoms with E-state index < -0.39 is 0 Å². The first kappa shape index (κ1) is 11.1. The van der Waals surface area contributed by atoms with Crippen LogP contribution in [0.3, 0.4) is 0 Å². The van der Waals surface area contributed by atoms with Crippen LogP contribution in [0.15, 0.2) is 18.7 Å². The van der Waals surface area contributed by atoms with E-state index in [1.165, 1.54) is 0 Å². The van der Waals surface area contributed by atoms with Crippen molar-refractivity contribution in [2.75, 3.05) is 14.2 Å². The van der Waals surface area contributed by atoms with Crippen LogP contribution in [0, 0.1) is 6.57 Å². The van der Waals surface area contributed by atoms with Gasteiger partial charge >= 0.3 is 0 Å². The molecule has 0 bridgehead atoms. The first-order chi connectivity index (χ1) is 7.13. The number of allylic oxidation sites excluding steroid dienone is 1. The molecular weight excluding hydrogens is 190 g/mol. The molecule has 0 aromatic heterocycles. The zero-order valence-electron chi connectivity index (χ0n) is 9.13. The van der Waals surface area contributed by atoms with E-state index in [4.69, 9.17) is 16.0 Å². The van der Waals surface area contributed by atoms with Crippen LogP contribution in [0.2, 0.25) is 0 Å². The Balaban J connectivity index is 3.42. The van der Waals surface area contributed by atoms with Gasteiger partial charge in [0.15, 0.2) is 11.4 Å². The van der Waals surface area contributed by atoms with Crippen molar-refractivity contribution in [3.63, 3.8) is 0 Å². The van der Waals surface area contributed by atoms with Crippen molar-refractivity contribution in [1.82, 2.24) is 0 Å². The molecule has 0 radical (unpaired) electrons. The molecule has 0 aliphatic rings. The lowest BCUT2D eigenvalue weighted by Gasteiger charge is -2.11. The average molecular weight is 203 g/mol. The van der Waals surface area contributed by atoms with Gasteiger partial charge in [0.2, 0.25) is 0 Å². The highest BCUT2D eigenvalue weighted by molar-refractivity contribution is 5.77. The fourth-order valence-electron chi connectivity index (χ4n) is 1.30. The van der Waals surface area contributed by atoms with Crippen LogP contribution < -0.4 is 9.47 Å². The molecule has 15 heavy (non-hydrogen) atoms. The Morgan fingerprint density at radius 1 is 1.27 bits per heavy atom. The molecule has 0 heterocycles. The van der Waals surface area contributed by atoms with Crippen molar-refractivity contribution >= 4 is 11.3 Å². The van der Waals surface area contributed by atoms with Crippen molar-refractivity contribution < 1.29 is 9.47 Å². The lowest BCUT2D eigenvalue weighted by atomic mass is 10.1. The van der Waals surface area contributed by atoms with E-state index in [9.17, 15) is 0 Å². The normalized spacial score (nSPS) is 9.20. The van der Waals surface area contributed by atoms with Crippen molar-refractivity contribution in [2.45, 2.75) is 6.92 Å². The highest BCUT2D eigenvalue weighted by atomic mass is 16.5. The van der Waals surface area contributed by atoms with Crippen LogP contribution in [0.4, 0.5) is 5.69 Å². The Hall–Kier alpha value is -1.95. The van der Waals surface area contributed by atoms with Gasteiger partial charge in [0.05, 0.1) is 20.8 Å². The van der Waals surface area contributed by atoms with Gasteiger partial charge in [0, 0.05) is 0 Å². The molecule has 0 spiro atoms. The lowest BCUT2D eigenvalue weighted by molar-refractivity contribution is 0.355. The molecule has 0 N–H and O–H groups in total. The quantitative estimate of drug-likeness (QED) is 0.703. The van der Waals surface area contributed by atoms with Gasteiger partial charge < -0.3 is 9.47 Å². The maximum Gasteiger partial charge on any atom is 0.198 e. The summed E-state index contributed by atoms with van der Waals surface area (Å²) < 4.78 is 10.3. The van der Waals surface area contributed by atoms with Gasteiger partial charge in [0.1, 0.15) is 5.75 Å². The summed E-state index contributed by atoms with van der Waals surface area (Å²) in [6.07, 6.45) is 0. The average Bonchev–Trinajstić information content (AvgIpc) is 2.26. The summed E-state index contributed by atoms with van der Waals surface area (Å²) in [5.41, 5.74) is 2.16. The third kappa shape index (κ3) is 2.10. The largest absolute Gasteiger partial charge is 0.494 e. The second kappa shape index (κ2) is 4.52. The summed E-state index contributed by atoms with van der Waals surface area (Å²) in [4.78, 5) is 3.43. The van der Waals surface area contributed by atoms with Gasteiger partial charge in [-0.05, 0) is 24.6 Å². The zero-order chi connectivity index (χ0) is 11.4. The van der Waals surface area contributed by atoms with Gasteiger partial charge in [-0.2, -0.15) is 0 Å². The zero-order valence-corrected chi connectivity index (χ0v) is 9.13. The molecule has 0 saturated carbocycles. The van der Waals surface area contributed by atoms with Crippen LogP contribution in [0.1, 0.15) is 12.5 Å². The summed E-state index contributed by atoms with van der Waals surface area (Å²) in [7, 11) is 3.11. The van der Waals surface area contributed by atoms with Gasteiger partial charge in [-0.3, -0.25) is 0 Å². The van der Waals surface area contributed by atoms with E-state index >= 15 is 0 Å². The van der Waals surface area contributed by atoms with Crippen LogP contribution in [-0.4, -0.2) is 14.2 Å². The number of ether oxygens (including phenoxy) is 2. The molecule has 1 aromatic rings. The molecule has 0 aliphatic carbocycles. The number of methoxy groups -OCH3 is 2. The van der Waals surface area contributed by atoms with Gasteiger partial charge in [-0.15, -0.1) is 0 Å². The predicted octanol–water partition coefficient (Wildman–Crippen LogP) is 3.29. The molecule has 0 unspecified atom stereocenters. The molecule has 78 valence electrons. The smallest absolute Gasteiger partial charge is 0.198 e. The second-order valence-corrected chi connectivity index (χ2v) is 3.12. The fourth-order valence-corrected chi connectivity index (χ4v) is 1.30. The molecule has 0 amide bonds. The number of hydrogen-bond donors (Lipinski definition) is 0. The molecule has 0 aliphatic heterocycles. The number of rotatable bonds is 3. The van der Waals surface area contributed by atoms with Crippen molar-refractivity contribution in [3.05, 3.63) is 35.7 Å². The second-order valence-electron chi connectivity index (χ2n) is 3.12. The molecule has 0 atom stereocenters. The van der Waals surface area contributed by atoms with Crippen LogP contribution >= 0.6 is 0 Å². The fraction of sp³-hybridized carbons (Fsp3) is 0.250. The van der Waals surface area contributed by atoms with Crippen LogP contribution in [0.25, 0.3) is 10.4 Å². The number of benzene rings is 1. The minimum Gasteiger partial charge on any atom is -0.494 e. The molecule has 1 rings (SSSR count). The Morgan fingerprint density at radius 2 is 1.80 bits per heavy atom. The molecular formula is C12H13NO2. The Morgan fingerprint density at radius 3 is 2.20 bits per heavy atom. The van der Waals surface area contributed by atoms with E-state index in [1.807, 2.05) is 6.92 Å². The van der Waals surface area contributed by atoms with E-state index in [0.717, 1.165) is 11.1 Å². The maximum atomic E-state index is 7.06. The first-order valence-electron chi connectivity index (χ1n) is 4.43. The molecule has 0 saturated heterocycles. The summed E-state index contributed by atoms with van der Waals surface area (Å²) in [5.74, 6) is 1.18. The van der Waals surface area contributed by atoms with Crippen molar-refractivity contribution in [3.8, 4) is 11.5 Å². The van der Waals surface area contributed by atoms with Crippen LogP contribution in [0.5, 0.6) is 11.5 Å². The standard InChI is InChI=1S/C12H13NO2/c1-8(2)9-6-11(14-4)12(15-5)7-10(9)13-3/h6-7H,1H2,2,4-5H3. The Bertz CT molecular complexity index is 430. The van der Waals surface area contributed by atoms with Gasteiger partial charge in [-0.1, -0.05) is 12.2 Å². The minimum atomic E-state index is 0.528. The SMILES string of the molecule is [C-]#[N+]c1cc(OC)c(OC)cc1C(=C)C. The van der Waals surface area contributed by atoms with Crippen molar-refractivity contribution in [2.24, 2.45) is 0 Å². The molecule has 3 heteroatoms. The topological polar surface area (TPSA) is 22.8 Å². The molecule has 0 fully saturated rings. The van der Waals surface area contributed by atoms with E-state index in [2.05, 4.69) is 11.4 Å². The van der Waals surface area contributed by atoms with Gasteiger partial charge in [0.25, 0.3) is 0 Å².